The third kappa shape index (κ3) is 5.62. The number of rotatable bonds is 7. The van der Waals surface area contributed by atoms with E-state index in [9.17, 15) is 0 Å². The van der Waals surface area contributed by atoms with Crippen molar-refractivity contribution in [3.8, 4) is 29.0 Å². The molecule has 196 valence electrons. The molecule has 39 heavy (non-hydrogen) atoms. The molecule has 0 aliphatic carbocycles. The van der Waals surface area contributed by atoms with Gasteiger partial charge in [0, 0.05) is 21.3 Å². The van der Waals surface area contributed by atoms with Crippen LogP contribution in [0.3, 0.4) is 0 Å². The fourth-order valence-corrected chi connectivity index (χ4v) is 4.75. The Bertz CT molecular complexity index is 1740. The van der Waals surface area contributed by atoms with Crippen molar-refractivity contribution in [3.63, 3.8) is 0 Å². The summed E-state index contributed by atoms with van der Waals surface area (Å²) in [5.41, 5.74) is 3.67. The van der Waals surface area contributed by atoms with Crippen molar-refractivity contribution in [2.45, 2.75) is 26.8 Å². The molecule has 2 heterocycles. The number of hydrogen-bond acceptors (Lipinski definition) is 6. The molecular weight excluding hydrogens is 564 g/mol. The van der Waals surface area contributed by atoms with Gasteiger partial charge in [-0.1, -0.05) is 59.1 Å². The Morgan fingerprint density at radius 1 is 1.00 bits per heavy atom. The number of ether oxygens (including phenoxy) is 1. The van der Waals surface area contributed by atoms with Crippen LogP contribution in [-0.4, -0.2) is 20.0 Å². The molecule has 0 atom stereocenters. The van der Waals surface area contributed by atoms with Crippen LogP contribution in [0.15, 0.2) is 59.0 Å². The van der Waals surface area contributed by atoms with Crippen molar-refractivity contribution >= 4 is 34.8 Å². The van der Waals surface area contributed by atoms with Crippen molar-refractivity contribution in [2.24, 2.45) is 0 Å². The van der Waals surface area contributed by atoms with Gasteiger partial charge in [0.1, 0.15) is 5.75 Å². The molecule has 0 N–H and O–H groups in total. The summed E-state index contributed by atoms with van der Waals surface area (Å²) in [5, 5.41) is 23.1. The molecule has 5 aromatic rings. The molecule has 0 radical (unpaired) electrons. The maximum Gasteiger partial charge on any atom is 0.251 e. The zero-order valence-electron chi connectivity index (χ0n) is 20.7. The van der Waals surface area contributed by atoms with Gasteiger partial charge in [0.2, 0.25) is 5.89 Å². The van der Waals surface area contributed by atoms with Crippen molar-refractivity contribution in [3.05, 3.63) is 109 Å². The first kappa shape index (κ1) is 26.7. The summed E-state index contributed by atoms with van der Waals surface area (Å²) in [7, 11) is 0. The smallest absolute Gasteiger partial charge is 0.251 e. The van der Waals surface area contributed by atoms with E-state index in [1.54, 1.807) is 0 Å². The molecule has 0 aliphatic heterocycles. The summed E-state index contributed by atoms with van der Waals surface area (Å²) >= 11 is 18.6. The molecule has 2 aromatic heterocycles. The second-order valence-electron chi connectivity index (χ2n) is 8.71. The van der Waals surface area contributed by atoms with E-state index in [4.69, 9.17) is 49.2 Å². The predicted octanol–water partition coefficient (Wildman–Crippen LogP) is 7.95. The SMILES string of the molecule is Cc1nn(Cc2ccccc2Cl)c(C)c1-c1nnc(Cc2ccc(Cl)c(Oc3cc(Cl)cc(C#N)c3)c2F)o1. The van der Waals surface area contributed by atoms with E-state index in [1.807, 2.05) is 48.9 Å². The highest BCUT2D eigenvalue weighted by atomic mass is 35.5. The summed E-state index contributed by atoms with van der Waals surface area (Å²) < 4.78 is 28.9. The highest BCUT2D eigenvalue weighted by Gasteiger charge is 2.22. The van der Waals surface area contributed by atoms with Crippen LogP contribution in [-0.2, 0) is 13.0 Å². The lowest BCUT2D eigenvalue weighted by Gasteiger charge is -2.11. The van der Waals surface area contributed by atoms with Crippen LogP contribution in [0, 0.1) is 31.0 Å². The lowest BCUT2D eigenvalue weighted by molar-refractivity contribution is 0.437. The lowest BCUT2D eigenvalue weighted by Crippen LogP contribution is -2.04. The fourth-order valence-electron chi connectivity index (χ4n) is 4.14. The molecule has 0 bridgehead atoms. The number of nitriles is 1. The quantitative estimate of drug-likeness (QED) is 0.193. The first-order chi connectivity index (χ1) is 18.7. The van der Waals surface area contributed by atoms with Crippen LogP contribution in [0.5, 0.6) is 11.5 Å². The standard InChI is InChI=1S/C28H19Cl3FN5O2/c1-15-25(16(2)37(36-15)14-19-5-3-4-6-22(19)30)28-35-34-24(39-28)11-18-7-8-23(31)27(26(18)32)38-21-10-17(13-33)9-20(29)12-21/h3-10,12H,11,14H2,1-2H3. The van der Waals surface area contributed by atoms with E-state index >= 15 is 4.39 Å². The predicted molar refractivity (Wildman–Crippen MR) is 146 cm³/mol. The summed E-state index contributed by atoms with van der Waals surface area (Å²) in [4.78, 5) is 0. The fraction of sp³-hybridized carbons (Fsp3) is 0.143. The minimum Gasteiger partial charge on any atom is -0.453 e. The Balaban J connectivity index is 1.40. The molecule has 0 saturated carbocycles. The topological polar surface area (TPSA) is 89.8 Å². The number of halogens is 4. The molecule has 0 saturated heterocycles. The van der Waals surface area contributed by atoms with Crippen LogP contribution in [0.25, 0.3) is 11.5 Å². The minimum atomic E-state index is -0.694. The number of aryl methyl sites for hydroxylation is 1. The molecular formula is C28H19Cl3FN5O2. The largest absolute Gasteiger partial charge is 0.453 e. The van der Waals surface area contributed by atoms with Crippen LogP contribution in [0.2, 0.25) is 15.1 Å². The van der Waals surface area contributed by atoms with Crippen LogP contribution < -0.4 is 4.74 Å². The van der Waals surface area contributed by atoms with Crippen LogP contribution in [0.4, 0.5) is 4.39 Å². The molecule has 7 nitrogen and oxygen atoms in total. The molecule has 0 fully saturated rings. The Morgan fingerprint density at radius 2 is 1.79 bits per heavy atom. The Labute approximate surface area is 238 Å². The second kappa shape index (κ2) is 11.1. The van der Waals surface area contributed by atoms with Gasteiger partial charge in [-0.3, -0.25) is 4.68 Å². The van der Waals surface area contributed by atoms with E-state index in [2.05, 4.69) is 15.3 Å². The van der Waals surface area contributed by atoms with Gasteiger partial charge in [0.25, 0.3) is 5.89 Å². The third-order valence-electron chi connectivity index (χ3n) is 6.03. The molecule has 0 aliphatic rings. The van der Waals surface area contributed by atoms with Gasteiger partial charge >= 0.3 is 0 Å². The Hall–Kier alpha value is -3.90. The Morgan fingerprint density at radius 3 is 2.56 bits per heavy atom. The molecule has 0 amide bonds. The molecule has 11 heteroatoms. The zero-order valence-corrected chi connectivity index (χ0v) is 22.9. The normalized spacial score (nSPS) is 11.0. The molecule has 3 aromatic carbocycles. The first-order valence-corrected chi connectivity index (χ1v) is 12.8. The summed E-state index contributed by atoms with van der Waals surface area (Å²) in [6.45, 7) is 4.24. The van der Waals surface area contributed by atoms with E-state index in [0.717, 1.165) is 11.3 Å². The summed E-state index contributed by atoms with van der Waals surface area (Å²) in [5.74, 6) is -0.242. The number of nitrogens with zero attached hydrogens (tertiary/aromatic N) is 5. The minimum absolute atomic E-state index is 0.00277. The van der Waals surface area contributed by atoms with Crippen molar-refractivity contribution in [1.29, 1.82) is 5.26 Å². The number of hydrogen-bond donors (Lipinski definition) is 0. The second-order valence-corrected chi connectivity index (χ2v) is 9.96. The lowest BCUT2D eigenvalue weighted by atomic mass is 10.1. The molecule has 5 rings (SSSR count). The maximum absolute atomic E-state index is 15.5. The van der Waals surface area contributed by atoms with Crippen LogP contribution in [0.1, 0.15) is 34.0 Å². The van der Waals surface area contributed by atoms with Crippen molar-refractivity contribution in [1.82, 2.24) is 20.0 Å². The van der Waals surface area contributed by atoms with Crippen LogP contribution >= 0.6 is 34.8 Å². The van der Waals surface area contributed by atoms with E-state index in [-0.39, 0.29) is 50.9 Å². The van der Waals surface area contributed by atoms with Gasteiger partial charge < -0.3 is 9.15 Å². The van der Waals surface area contributed by atoms with Gasteiger partial charge in [0.15, 0.2) is 11.6 Å². The summed E-state index contributed by atoms with van der Waals surface area (Å²) in [6, 6.07) is 16.9. The monoisotopic (exact) mass is 581 g/mol. The maximum atomic E-state index is 15.5. The van der Waals surface area contributed by atoms with Gasteiger partial charge in [-0.2, -0.15) is 10.4 Å². The van der Waals surface area contributed by atoms with Gasteiger partial charge in [-0.05, 0) is 49.7 Å². The Kier molecular flexibility index (Phi) is 7.58. The summed E-state index contributed by atoms with van der Waals surface area (Å²) in [6.07, 6.45) is -0.00277. The van der Waals surface area contributed by atoms with Gasteiger partial charge in [0.05, 0.1) is 40.9 Å². The third-order valence-corrected chi connectivity index (χ3v) is 6.92. The van der Waals surface area contributed by atoms with Gasteiger partial charge in [-0.25, -0.2) is 4.39 Å². The molecule has 0 spiro atoms. The van der Waals surface area contributed by atoms with E-state index in [0.29, 0.717) is 22.8 Å². The van der Waals surface area contributed by atoms with E-state index < -0.39 is 5.82 Å². The van der Waals surface area contributed by atoms with Gasteiger partial charge in [-0.15, -0.1) is 10.2 Å². The average molecular weight is 583 g/mol. The number of benzene rings is 3. The average Bonchev–Trinajstić information content (AvgIpc) is 3.47. The van der Waals surface area contributed by atoms with Crippen molar-refractivity contribution < 1.29 is 13.5 Å². The first-order valence-electron chi connectivity index (χ1n) is 11.7. The number of aromatic nitrogens is 4. The van der Waals surface area contributed by atoms with E-state index in [1.165, 1.54) is 30.3 Å². The highest BCUT2D eigenvalue weighted by Crippen LogP contribution is 2.36. The molecule has 0 unspecified atom stereocenters. The van der Waals surface area contributed by atoms with Crippen molar-refractivity contribution in [2.75, 3.05) is 0 Å². The highest BCUT2D eigenvalue weighted by molar-refractivity contribution is 6.32. The zero-order chi connectivity index (χ0) is 27.7.